The molecule has 1 heterocycles. The molecule has 28 heavy (non-hydrogen) atoms. The normalized spacial score (nSPS) is 14.4. The Hall–Kier alpha value is -1.83. The molecule has 1 aromatic carbocycles. The van der Waals surface area contributed by atoms with Crippen molar-refractivity contribution in [2.75, 3.05) is 13.1 Å². The highest BCUT2D eigenvalue weighted by atomic mass is 127. The molecule has 1 aromatic heterocycles. The monoisotopic (exact) mass is 494 g/mol. The number of halogens is 1. The topological polar surface area (TPSA) is 58.5 Å². The van der Waals surface area contributed by atoms with Crippen LogP contribution in [0.3, 0.4) is 0 Å². The SMILES string of the molecule is CCNC(=NCc1ccccn1)NCCc1ccc(OC2CCCC2)cc1.I. The summed E-state index contributed by atoms with van der Waals surface area (Å²) in [6.07, 6.45) is 8.13. The first kappa shape index (κ1) is 22.5. The van der Waals surface area contributed by atoms with E-state index in [1.54, 1.807) is 6.20 Å². The molecule has 0 spiro atoms. The molecule has 0 amide bonds. The number of aromatic nitrogens is 1. The molecule has 0 aliphatic heterocycles. The minimum atomic E-state index is 0. The molecule has 1 saturated carbocycles. The van der Waals surface area contributed by atoms with E-state index in [-0.39, 0.29) is 24.0 Å². The Balaban J connectivity index is 0.00000280. The van der Waals surface area contributed by atoms with Crippen molar-refractivity contribution in [2.24, 2.45) is 4.99 Å². The molecule has 1 aliphatic carbocycles. The zero-order valence-corrected chi connectivity index (χ0v) is 18.9. The first-order chi connectivity index (χ1) is 13.3. The number of pyridine rings is 1. The lowest BCUT2D eigenvalue weighted by atomic mass is 10.1. The molecule has 6 heteroatoms. The number of nitrogens with zero attached hydrogens (tertiary/aromatic N) is 2. The van der Waals surface area contributed by atoms with Crippen LogP contribution in [-0.2, 0) is 13.0 Å². The number of rotatable bonds is 8. The summed E-state index contributed by atoms with van der Waals surface area (Å²) in [7, 11) is 0. The third-order valence-electron chi connectivity index (χ3n) is 4.70. The van der Waals surface area contributed by atoms with Gasteiger partial charge in [-0.3, -0.25) is 4.98 Å². The summed E-state index contributed by atoms with van der Waals surface area (Å²) >= 11 is 0. The summed E-state index contributed by atoms with van der Waals surface area (Å²) < 4.78 is 6.03. The van der Waals surface area contributed by atoms with Gasteiger partial charge in [-0.1, -0.05) is 18.2 Å². The van der Waals surface area contributed by atoms with E-state index in [1.165, 1.54) is 31.2 Å². The van der Waals surface area contributed by atoms with E-state index in [9.17, 15) is 0 Å². The average Bonchev–Trinajstić information content (AvgIpc) is 3.21. The zero-order chi connectivity index (χ0) is 18.7. The number of aliphatic imine (C=N–C) groups is 1. The van der Waals surface area contributed by atoms with Crippen molar-refractivity contribution in [1.82, 2.24) is 15.6 Å². The van der Waals surface area contributed by atoms with Crippen molar-refractivity contribution in [2.45, 2.75) is 51.7 Å². The van der Waals surface area contributed by atoms with Crippen molar-refractivity contribution in [3.8, 4) is 5.75 Å². The summed E-state index contributed by atoms with van der Waals surface area (Å²) in [5, 5.41) is 6.67. The van der Waals surface area contributed by atoms with Crippen molar-refractivity contribution >= 4 is 29.9 Å². The van der Waals surface area contributed by atoms with Crippen LogP contribution in [0.5, 0.6) is 5.75 Å². The third kappa shape index (κ3) is 7.66. The summed E-state index contributed by atoms with van der Waals surface area (Å²) in [5.74, 6) is 1.81. The summed E-state index contributed by atoms with van der Waals surface area (Å²) in [6.45, 7) is 4.31. The van der Waals surface area contributed by atoms with Crippen molar-refractivity contribution in [3.05, 3.63) is 59.9 Å². The van der Waals surface area contributed by atoms with E-state index < -0.39 is 0 Å². The van der Waals surface area contributed by atoms with Crippen LogP contribution in [0.15, 0.2) is 53.7 Å². The molecule has 5 nitrogen and oxygen atoms in total. The minimum Gasteiger partial charge on any atom is -0.490 e. The number of nitrogens with one attached hydrogen (secondary N) is 2. The zero-order valence-electron chi connectivity index (χ0n) is 16.6. The van der Waals surface area contributed by atoms with E-state index in [0.29, 0.717) is 12.6 Å². The minimum absolute atomic E-state index is 0. The molecule has 152 valence electrons. The fourth-order valence-corrected chi connectivity index (χ4v) is 3.25. The largest absolute Gasteiger partial charge is 0.490 e. The molecular weight excluding hydrogens is 463 g/mol. The van der Waals surface area contributed by atoms with E-state index in [0.717, 1.165) is 36.9 Å². The predicted molar refractivity (Wildman–Crippen MR) is 126 cm³/mol. The molecule has 0 bridgehead atoms. The highest BCUT2D eigenvalue weighted by molar-refractivity contribution is 14.0. The molecule has 1 fully saturated rings. The molecule has 3 rings (SSSR count). The summed E-state index contributed by atoms with van der Waals surface area (Å²) in [6, 6.07) is 14.4. The first-order valence-corrected chi connectivity index (χ1v) is 10.0. The van der Waals surface area contributed by atoms with Crippen LogP contribution in [0.25, 0.3) is 0 Å². The van der Waals surface area contributed by atoms with Crippen LogP contribution in [0.2, 0.25) is 0 Å². The summed E-state index contributed by atoms with van der Waals surface area (Å²) in [5.41, 5.74) is 2.26. The highest BCUT2D eigenvalue weighted by Crippen LogP contribution is 2.24. The number of guanidine groups is 1. The van der Waals surface area contributed by atoms with E-state index in [1.807, 2.05) is 18.2 Å². The van der Waals surface area contributed by atoms with Gasteiger partial charge in [-0.25, -0.2) is 4.99 Å². The van der Waals surface area contributed by atoms with Crippen LogP contribution >= 0.6 is 24.0 Å². The maximum atomic E-state index is 6.03. The van der Waals surface area contributed by atoms with E-state index >= 15 is 0 Å². The Kier molecular flexibility index (Phi) is 10.1. The molecule has 0 atom stereocenters. The van der Waals surface area contributed by atoms with Gasteiger partial charge in [-0.05, 0) is 68.9 Å². The summed E-state index contributed by atoms with van der Waals surface area (Å²) in [4.78, 5) is 8.91. The second kappa shape index (κ2) is 12.6. The Morgan fingerprint density at radius 2 is 1.89 bits per heavy atom. The fraction of sp³-hybridized carbons (Fsp3) is 0.455. The van der Waals surface area contributed by atoms with Gasteiger partial charge in [-0.2, -0.15) is 0 Å². The fourth-order valence-electron chi connectivity index (χ4n) is 3.25. The Morgan fingerprint density at radius 1 is 1.11 bits per heavy atom. The maximum Gasteiger partial charge on any atom is 0.191 e. The molecule has 2 N–H and O–H groups in total. The van der Waals surface area contributed by atoms with Gasteiger partial charge in [0.1, 0.15) is 5.75 Å². The molecule has 0 saturated heterocycles. The molecule has 0 radical (unpaired) electrons. The Labute approximate surface area is 185 Å². The Morgan fingerprint density at radius 3 is 2.57 bits per heavy atom. The van der Waals surface area contributed by atoms with E-state index in [4.69, 9.17) is 4.74 Å². The van der Waals surface area contributed by atoms with Gasteiger partial charge in [0, 0.05) is 19.3 Å². The number of ether oxygens (including phenoxy) is 1. The van der Waals surface area contributed by atoms with Gasteiger partial charge >= 0.3 is 0 Å². The van der Waals surface area contributed by atoms with E-state index in [2.05, 4.69) is 51.8 Å². The Bertz CT molecular complexity index is 700. The van der Waals surface area contributed by atoms with Crippen LogP contribution < -0.4 is 15.4 Å². The van der Waals surface area contributed by atoms with Crippen LogP contribution in [0.4, 0.5) is 0 Å². The molecule has 0 unspecified atom stereocenters. The lowest BCUT2D eigenvalue weighted by molar-refractivity contribution is 0.210. The second-order valence-corrected chi connectivity index (χ2v) is 6.86. The van der Waals surface area contributed by atoms with Crippen molar-refractivity contribution in [3.63, 3.8) is 0 Å². The smallest absolute Gasteiger partial charge is 0.191 e. The molecule has 2 aromatic rings. The third-order valence-corrected chi connectivity index (χ3v) is 4.70. The van der Waals surface area contributed by atoms with Gasteiger partial charge < -0.3 is 15.4 Å². The van der Waals surface area contributed by atoms with Gasteiger partial charge in [0.2, 0.25) is 0 Å². The van der Waals surface area contributed by atoms with Gasteiger partial charge in [0.05, 0.1) is 18.3 Å². The number of hydrogen-bond acceptors (Lipinski definition) is 3. The highest BCUT2D eigenvalue weighted by Gasteiger charge is 2.16. The van der Waals surface area contributed by atoms with Gasteiger partial charge in [0.15, 0.2) is 5.96 Å². The lowest BCUT2D eigenvalue weighted by Crippen LogP contribution is -2.38. The van der Waals surface area contributed by atoms with Crippen LogP contribution in [-0.4, -0.2) is 30.1 Å². The predicted octanol–water partition coefficient (Wildman–Crippen LogP) is 4.32. The number of benzene rings is 1. The number of hydrogen-bond donors (Lipinski definition) is 2. The average molecular weight is 494 g/mol. The molecule has 1 aliphatic rings. The standard InChI is InChI=1S/C22H30N4O.HI/c1-2-23-22(26-17-19-7-5-6-15-24-19)25-16-14-18-10-12-21(13-11-18)27-20-8-3-4-9-20;/h5-7,10-13,15,20H,2-4,8-9,14,16-17H2,1H3,(H2,23,25,26);1H. The first-order valence-electron chi connectivity index (χ1n) is 10.0. The van der Waals surface area contributed by atoms with Crippen molar-refractivity contribution in [1.29, 1.82) is 0 Å². The van der Waals surface area contributed by atoms with Crippen molar-refractivity contribution < 1.29 is 4.74 Å². The second-order valence-electron chi connectivity index (χ2n) is 6.86. The molecular formula is C22H31IN4O. The van der Waals surface area contributed by atoms with Crippen LogP contribution in [0, 0.1) is 0 Å². The quantitative estimate of drug-likeness (QED) is 0.326. The lowest BCUT2D eigenvalue weighted by Gasteiger charge is -2.14. The maximum absolute atomic E-state index is 6.03. The van der Waals surface area contributed by atoms with Gasteiger partial charge in [-0.15, -0.1) is 24.0 Å². The van der Waals surface area contributed by atoms with Gasteiger partial charge in [0.25, 0.3) is 0 Å². The van der Waals surface area contributed by atoms with Crippen LogP contribution in [0.1, 0.15) is 43.9 Å².